The first-order valence-corrected chi connectivity index (χ1v) is 9.84. The number of hydrogen-bond acceptors (Lipinski definition) is 2. The van der Waals surface area contributed by atoms with E-state index in [4.69, 9.17) is 4.74 Å². The van der Waals surface area contributed by atoms with Gasteiger partial charge in [0, 0.05) is 11.5 Å². The normalized spacial score (nSPS) is 20.1. The van der Waals surface area contributed by atoms with E-state index >= 15 is 0 Å². The maximum atomic E-state index is 13.8. The quantitative estimate of drug-likeness (QED) is 0.342. The predicted molar refractivity (Wildman–Crippen MR) is 95.6 cm³/mol. The fourth-order valence-electron chi connectivity index (χ4n) is 4.50. The molecule has 1 aliphatic carbocycles. The molecule has 0 bridgehead atoms. The van der Waals surface area contributed by atoms with Gasteiger partial charge in [0.15, 0.2) is 5.69 Å². The molecule has 2 aliphatic rings. The molecule has 2 heterocycles. The molecule has 0 amide bonds. The second-order valence-electron chi connectivity index (χ2n) is 7.99. The predicted octanol–water partition coefficient (Wildman–Crippen LogP) is 5.26. The number of hydrogen-bond donors (Lipinski definition) is 0. The van der Waals surface area contributed by atoms with E-state index in [2.05, 4.69) is 5.10 Å². The average molecular weight is 494 g/mol. The van der Waals surface area contributed by atoms with Crippen molar-refractivity contribution in [2.24, 2.45) is 0 Å². The van der Waals surface area contributed by atoms with Crippen LogP contribution in [0.1, 0.15) is 39.7 Å². The van der Waals surface area contributed by atoms with Crippen LogP contribution in [0.4, 0.5) is 39.5 Å². The van der Waals surface area contributed by atoms with Crippen LogP contribution in [-0.2, 0) is 36.3 Å². The molecule has 5 rings (SSSR count). The lowest BCUT2D eigenvalue weighted by molar-refractivity contribution is -0.739. The summed E-state index contributed by atoms with van der Waals surface area (Å²) in [5.41, 5.74) is -6.10. The van der Waals surface area contributed by atoms with E-state index < -0.39 is 53.1 Å². The highest BCUT2D eigenvalue weighted by atomic mass is 19.4. The number of halogens is 9. The lowest BCUT2D eigenvalue weighted by Gasteiger charge is -2.23. The summed E-state index contributed by atoms with van der Waals surface area (Å²) < 4.78 is 129. The zero-order valence-electron chi connectivity index (χ0n) is 16.8. The molecule has 0 fully saturated rings. The number of fused-ring (bicyclic) bond motifs is 5. The number of benzene rings is 2. The molecule has 1 aromatic heterocycles. The molecule has 2 atom stereocenters. The first-order valence-electron chi connectivity index (χ1n) is 9.84. The van der Waals surface area contributed by atoms with Crippen LogP contribution in [0.25, 0.3) is 5.69 Å². The molecule has 0 spiro atoms. The monoisotopic (exact) mass is 494 g/mol. The van der Waals surface area contributed by atoms with E-state index in [1.807, 2.05) is 6.07 Å². The van der Waals surface area contributed by atoms with Gasteiger partial charge in [-0.05, 0) is 23.3 Å². The minimum absolute atomic E-state index is 0.0408. The molecular formula is C21H13F9N3O+. The third-order valence-corrected chi connectivity index (χ3v) is 5.91. The van der Waals surface area contributed by atoms with Crippen molar-refractivity contribution in [2.75, 3.05) is 0 Å². The first kappa shape index (κ1) is 22.7. The van der Waals surface area contributed by atoms with Crippen LogP contribution in [-0.4, -0.2) is 15.9 Å². The van der Waals surface area contributed by atoms with Gasteiger partial charge in [-0.2, -0.15) is 39.5 Å². The molecule has 0 saturated carbocycles. The van der Waals surface area contributed by atoms with Crippen molar-refractivity contribution in [1.82, 2.24) is 9.78 Å². The second-order valence-corrected chi connectivity index (χ2v) is 7.99. The van der Waals surface area contributed by atoms with Crippen LogP contribution in [0.15, 0.2) is 42.7 Å². The van der Waals surface area contributed by atoms with E-state index in [1.165, 1.54) is 4.57 Å². The summed E-state index contributed by atoms with van der Waals surface area (Å²) in [6, 6.07) is 5.91. The standard InChI is InChI=1S/C21H13F9N3O/c22-19(23,24)11-6-13(20(25,26)27)18(14(7-11)21(28,29)30)33-9-32-16(31-33)8-34-15-5-10-3-1-2-4-12(10)17(15)32/h1-4,6-7,9,15,17H,5,8H2/q+1/t15-,17+/m0/s1. The highest BCUT2D eigenvalue weighted by molar-refractivity contribution is 5.53. The minimum atomic E-state index is -5.52. The molecule has 34 heavy (non-hydrogen) atoms. The van der Waals surface area contributed by atoms with Crippen LogP contribution in [0.3, 0.4) is 0 Å². The third-order valence-electron chi connectivity index (χ3n) is 5.91. The van der Waals surface area contributed by atoms with Gasteiger partial charge in [0.1, 0.15) is 18.8 Å². The molecule has 13 heteroatoms. The van der Waals surface area contributed by atoms with Crippen molar-refractivity contribution in [2.45, 2.75) is 43.7 Å². The van der Waals surface area contributed by atoms with Gasteiger partial charge in [0.25, 0.3) is 0 Å². The lowest BCUT2D eigenvalue weighted by atomic mass is 10.0. The molecule has 0 N–H and O–H groups in total. The van der Waals surface area contributed by atoms with Crippen molar-refractivity contribution in [3.63, 3.8) is 0 Å². The minimum Gasteiger partial charge on any atom is -0.363 e. The molecular weight excluding hydrogens is 481 g/mol. The first-order chi connectivity index (χ1) is 15.7. The second kappa shape index (κ2) is 7.20. The topological polar surface area (TPSA) is 30.9 Å². The van der Waals surface area contributed by atoms with Crippen molar-refractivity contribution >= 4 is 0 Å². The summed E-state index contributed by atoms with van der Waals surface area (Å²) in [6.45, 7) is -0.189. The van der Waals surface area contributed by atoms with Gasteiger partial charge >= 0.3 is 24.4 Å². The van der Waals surface area contributed by atoms with E-state index in [-0.39, 0.29) is 24.6 Å². The van der Waals surface area contributed by atoms with E-state index in [9.17, 15) is 39.5 Å². The molecule has 180 valence electrons. The number of aromatic nitrogens is 3. The van der Waals surface area contributed by atoms with Crippen LogP contribution in [0, 0.1) is 0 Å². The molecule has 1 aliphatic heterocycles. The third kappa shape index (κ3) is 3.62. The average Bonchev–Trinajstić information content (AvgIpc) is 3.31. The highest BCUT2D eigenvalue weighted by Gasteiger charge is 2.49. The lowest BCUT2D eigenvalue weighted by Crippen LogP contribution is -2.51. The van der Waals surface area contributed by atoms with Crippen LogP contribution in [0.5, 0.6) is 0 Å². The molecule has 0 radical (unpaired) electrons. The van der Waals surface area contributed by atoms with Gasteiger partial charge < -0.3 is 4.74 Å². The smallest absolute Gasteiger partial charge is 0.363 e. The Bertz CT molecular complexity index is 1240. The van der Waals surface area contributed by atoms with Crippen molar-refractivity contribution in [3.05, 3.63) is 76.4 Å². The van der Waals surface area contributed by atoms with Crippen LogP contribution >= 0.6 is 0 Å². The van der Waals surface area contributed by atoms with E-state index in [0.29, 0.717) is 11.1 Å². The Balaban J connectivity index is 1.75. The summed E-state index contributed by atoms with van der Waals surface area (Å²) in [6.07, 6.45) is -15.4. The van der Waals surface area contributed by atoms with Gasteiger partial charge in [-0.1, -0.05) is 28.9 Å². The summed E-state index contributed by atoms with van der Waals surface area (Å²) >= 11 is 0. The Morgan fingerprint density at radius 2 is 1.50 bits per heavy atom. The summed E-state index contributed by atoms with van der Waals surface area (Å²) in [5, 5.41) is 3.87. The SMILES string of the molecule is FC(F)(F)c1cc(C(F)(F)F)c(-n2c[n+]3c(n2)CO[C@H]2Cc4ccccc4[C@H]23)c(C(F)(F)F)c1. The number of alkyl halides is 9. The molecule has 4 nitrogen and oxygen atoms in total. The summed E-state index contributed by atoms with van der Waals surface area (Å²) in [7, 11) is 0. The summed E-state index contributed by atoms with van der Waals surface area (Å²) in [5.74, 6) is 0.0408. The van der Waals surface area contributed by atoms with Gasteiger partial charge in [-0.15, -0.1) is 0 Å². The fourth-order valence-corrected chi connectivity index (χ4v) is 4.50. The van der Waals surface area contributed by atoms with Crippen molar-refractivity contribution in [3.8, 4) is 5.69 Å². The van der Waals surface area contributed by atoms with E-state index in [1.54, 1.807) is 18.2 Å². The highest BCUT2D eigenvalue weighted by Crippen LogP contribution is 2.45. The zero-order valence-corrected chi connectivity index (χ0v) is 16.8. The molecule has 0 unspecified atom stereocenters. The Hall–Kier alpha value is -3.09. The summed E-state index contributed by atoms with van der Waals surface area (Å²) in [4.78, 5) is 0. The van der Waals surface area contributed by atoms with Crippen LogP contribution in [0.2, 0.25) is 0 Å². The largest absolute Gasteiger partial charge is 0.419 e. The van der Waals surface area contributed by atoms with Crippen molar-refractivity contribution < 1.29 is 48.8 Å². The van der Waals surface area contributed by atoms with Crippen molar-refractivity contribution in [1.29, 1.82) is 0 Å². The Morgan fingerprint density at radius 1 is 0.882 bits per heavy atom. The maximum Gasteiger partial charge on any atom is 0.419 e. The van der Waals surface area contributed by atoms with Gasteiger partial charge in [-0.25, -0.2) is 4.57 Å². The van der Waals surface area contributed by atoms with E-state index in [0.717, 1.165) is 17.5 Å². The Morgan fingerprint density at radius 3 is 2.09 bits per heavy atom. The number of nitrogens with zero attached hydrogens (tertiary/aromatic N) is 3. The number of rotatable bonds is 1. The molecule has 3 aromatic rings. The Kier molecular flexibility index (Phi) is 4.81. The van der Waals surface area contributed by atoms with Crippen LogP contribution < -0.4 is 4.57 Å². The fraction of sp³-hybridized carbons (Fsp3) is 0.333. The van der Waals surface area contributed by atoms with Gasteiger partial charge in [0.2, 0.25) is 6.33 Å². The Labute approximate surface area is 185 Å². The number of ether oxygens (including phenoxy) is 1. The zero-order chi connectivity index (χ0) is 24.6. The maximum absolute atomic E-state index is 13.8. The molecule has 2 aromatic carbocycles. The molecule has 0 saturated heterocycles. The van der Waals surface area contributed by atoms with Gasteiger partial charge in [0.05, 0.1) is 16.7 Å². The van der Waals surface area contributed by atoms with Gasteiger partial charge in [-0.3, -0.25) is 0 Å².